The first-order chi connectivity index (χ1) is 48.2. The minimum absolute atomic E-state index is 0.116. The summed E-state index contributed by atoms with van der Waals surface area (Å²) in [6.45, 7) is 10.0. The number of nitrogens with zero attached hydrogens (tertiary/aromatic N) is 1. The third-order valence-electron chi connectivity index (χ3n) is 31.5. The van der Waals surface area contributed by atoms with Crippen molar-refractivity contribution in [2.45, 2.75) is 153 Å². The number of hydrogen-bond donors (Lipinski definition) is 0. The van der Waals surface area contributed by atoms with Gasteiger partial charge in [-0.3, -0.25) is 4.90 Å². The molecule has 0 N–H and O–H groups in total. The lowest BCUT2D eigenvalue weighted by Crippen LogP contribution is -2.52. The zero-order chi connectivity index (χ0) is 61.0. The van der Waals surface area contributed by atoms with Gasteiger partial charge in [-0.2, -0.15) is 0 Å². The van der Waals surface area contributed by atoms with Gasteiger partial charge in [-0.15, -0.1) is 0 Å². The van der Waals surface area contributed by atoms with Crippen LogP contribution in [0.2, 0.25) is 0 Å². The summed E-state index contributed by atoms with van der Waals surface area (Å²) in [6.07, 6.45) is 22.1. The highest BCUT2D eigenvalue weighted by Crippen LogP contribution is 2.87. The highest BCUT2D eigenvalue weighted by molar-refractivity contribution is 6.82. The van der Waals surface area contributed by atoms with Crippen molar-refractivity contribution in [1.82, 2.24) is 4.90 Å². The second-order valence-corrected chi connectivity index (χ2v) is 34.5. The summed E-state index contributed by atoms with van der Waals surface area (Å²) in [4.78, 5) is 2.98. The minimum Gasteiger partial charge on any atom is -0.493 e. The molecule has 0 radical (unpaired) electrons. The van der Waals surface area contributed by atoms with Crippen LogP contribution in [0, 0.1) is 0 Å². The molecule has 4 heteroatoms. The first-order valence-corrected chi connectivity index (χ1v) is 38.7. The van der Waals surface area contributed by atoms with Gasteiger partial charge < -0.3 is 14.2 Å². The van der Waals surface area contributed by atoms with Crippen molar-refractivity contribution in [2.24, 2.45) is 0 Å². The lowest BCUT2D eigenvalue weighted by atomic mass is 9.47. The van der Waals surface area contributed by atoms with Crippen LogP contribution in [0.4, 0.5) is 0 Å². The molecule has 1 aliphatic heterocycles. The Morgan fingerprint density at radius 3 is 0.722 bits per heavy atom. The third kappa shape index (κ3) is 3.47. The first kappa shape index (κ1) is 46.3. The van der Waals surface area contributed by atoms with Gasteiger partial charge >= 0.3 is 0 Å². The van der Waals surface area contributed by atoms with Gasteiger partial charge in [0, 0.05) is 18.7 Å². The SMILES string of the molecule is CCCCCCCCOc1cc(OCCCCCCCC)c(C2N(C)CC34c5c6c7c8c9c%10c(c%11c%12c3c3c5c5c%13c6c6c7c7c9c9c%14c%10c%10c%11c%11c%12c%12c3c3c5c5c%13c%13c6c6c7c9c7c9c%14c%10c%10c%11c%11c%12c3c3c5c5c%13c6c7c6c9c%10c%11c3c56)C824)c(OCCCCCCCC)c1. The van der Waals surface area contributed by atoms with Crippen molar-refractivity contribution >= 4 is 291 Å². The Morgan fingerprint density at radius 2 is 0.474 bits per heavy atom. The largest absolute Gasteiger partial charge is 0.493 e. The van der Waals surface area contributed by atoms with E-state index in [9.17, 15) is 0 Å². The Labute approximate surface area is 550 Å². The van der Waals surface area contributed by atoms with Crippen LogP contribution in [0.25, 0.3) is 291 Å². The Bertz CT molecular complexity index is 7840. The summed E-state index contributed by atoms with van der Waals surface area (Å²) in [5, 5.41) is 89.2. The molecule has 0 bridgehead atoms. The minimum atomic E-state index is -0.537. The third-order valence-corrected chi connectivity index (χ3v) is 31.5. The maximum absolute atomic E-state index is 7.82. The molecule has 29 aromatic carbocycles. The van der Waals surface area contributed by atoms with Gasteiger partial charge in [0.05, 0.1) is 42.3 Å². The Morgan fingerprint density at radius 1 is 0.268 bits per heavy atom. The van der Waals surface area contributed by atoms with Crippen LogP contribution < -0.4 is 14.2 Å². The van der Waals surface area contributed by atoms with Gasteiger partial charge in [-0.1, -0.05) is 117 Å². The molecule has 5 aliphatic rings. The fraction of sp³-hybridized carbons (Fsp3) is 0.312. The van der Waals surface area contributed by atoms with Crippen LogP contribution >= 0.6 is 0 Å². The fourth-order valence-corrected chi connectivity index (χ4v) is 29.9. The summed E-state index contributed by atoms with van der Waals surface area (Å²) < 4.78 is 22.8. The predicted octanol–water partition coefficient (Wildman–Crippen LogP) is 26.2. The quantitative estimate of drug-likeness (QED) is 0.0421. The van der Waals surface area contributed by atoms with Crippen LogP contribution in [0.1, 0.15) is 170 Å². The molecule has 0 amide bonds. The zero-order valence-electron chi connectivity index (χ0n) is 55.0. The number of rotatable bonds is 25. The summed E-state index contributed by atoms with van der Waals surface area (Å²) in [7, 11) is 2.61. The summed E-state index contributed by atoms with van der Waals surface area (Å²) >= 11 is 0. The molecule has 2 spiro atoms. The van der Waals surface area contributed by atoms with E-state index < -0.39 is 10.8 Å². The highest BCUT2D eigenvalue weighted by atomic mass is 16.5. The van der Waals surface area contributed by atoms with E-state index in [1.54, 1.807) is 313 Å². The van der Waals surface area contributed by atoms with Crippen LogP contribution in [0.3, 0.4) is 0 Å². The maximum atomic E-state index is 7.82. The number of benzene rings is 19. The van der Waals surface area contributed by atoms with Crippen molar-refractivity contribution in [1.29, 1.82) is 0 Å². The number of unbranched alkanes of at least 4 members (excludes halogenated alkanes) is 15. The van der Waals surface area contributed by atoms with Crippen molar-refractivity contribution in [3.05, 3.63) is 39.9 Å². The van der Waals surface area contributed by atoms with Crippen molar-refractivity contribution < 1.29 is 14.2 Å². The van der Waals surface area contributed by atoms with Gasteiger partial charge in [0.1, 0.15) is 17.2 Å². The Hall–Kier alpha value is -8.96. The lowest BCUT2D eigenvalue weighted by Gasteiger charge is -2.52. The number of hydrogen-bond acceptors (Lipinski definition) is 4. The average molecular weight is 1240 g/mol. The van der Waals surface area contributed by atoms with E-state index in [0.717, 1.165) is 43.1 Å². The van der Waals surface area contributed by atoms with Gasteiger partial charge in [0.15, 0.2) is 0 Å². The van der Waals surface area contributed by atoms with Gasteiger partial charge in [-0.25, -0.2) is 0 Å². The van der Waals surface area contributed by atoms with E-state index in [1.165, 1.54) is 102 Å². The maximum Gasteiger partial charge on any atom is 0.131 e. The smallest absolute Gasteiger partial charge is 0.131 e. The molecular formula is C93H59NO3. The van der Waals surface area contributed by atoms with Gasteiger partial charge in [0.25, 0.3) is 0 Å². The van der Waals surface area contributed by atoms with E-state index in [-0.39, 0.29) is 6.04 Å². The molecule has 1 unspecified atom stereocenters. The standard InChI is InChI=1S/C93H59NO3/c1-5-8-11-14-17-20-23-95-29-26-30(96-24-21-18-15-12-9-6-2)32(31(27-29)97-25-22-19-16-13-10-7-3)91-93-89-83-77-67-55-47-39-35-33-34-37-41(39)49(55)59-53-45(37)46-38(34)42-40-36(33)44-43(35)51-57(47)65-71-61(51)62-52(44)58-48(40)56-50(42)60-54(46)64-63(53)75(69(59)77)85(89)86-76(64)70(60)78-68(56)74-66(58)72(62)80-79(71)87(81(83)73(65)67)92(93,28-94(91)4)88(80)82(74)84(78)90(86)93/h26-27,91H,5-25,28H2,1-4H3. The molecule has 0 aromatic heterocycles. The van der Waals surface area contributed by atoms with E-state index in [1.807, 2.05) is 0 Å². The second-order valence-electron chi connectivity index (χ2n) is 34.5. The van der Waals surface area contributed by atoms with Crippen molar-refractivity contribution in [3.63, 3.8) is 0 Å². The predicted molar refractivity (Wildman–Crippen MR) is 412 cm³/mol. The van der Waals surface area contributed by atoms with E-state index in [0.29, 0.717) is 19.8 Å². The lowest BCUT2D eigenvalue weighted by molar-refractivity contribution is 0.229. The van der Waals surface area contributed by atoms with Crippen molar-refractivity contribution in [3.8, 4) is 17.2 Å². The molecule has 29 aromatic rings. The van der Waals surface area contributed by atoms with Crippen LogP contribution in [-0.4, -0.2) is 38.3 Å². The molecule has 1 heterocycles. The molecular weight excluding hydrogens is 1180 g/mol. The molecule has 0 saturated carbocycles. The molecule has 1 saturated heterocycles. The molecule has 34 rings (SSSR count). The molecule has 454 valence electrons. The number of likely N-dealkylation sites (N-methyl/N-ethyl adjacent to an activating group) is 1. The van der Waals surface area contributed by atoms with E-state index in [2.05, 4.69) is 44.9 Å². The Balaban J connectivity index is 0.811. The Kier molecular flexibility index (Phi) is 6.24. The van der Waals surface area contributed by atoms with Gasteiger partial charge in [-0.05, 0) is 339 Å². The van der Waals surface area contributed by atoms with E-state index in [4.69, 9.17) is 14.2 Å². The highest BCUT2D eigenvalue weighted by Gasteiger charge is 2.76. The summed E-state index contributed by atoms with van der Waals surface area (Å²) in [6, 6.07) is 4.70. The normalized spacial score (nSPS) is 20.5. The van der Waals surface area contributed by atoms with E-state index >= 15 is 0 Å². The summed E-state index contributed by atoms with van der Waals surface area (Å²) in [5.41, 5.74) is 7.23. The molecule has 97 heavy (non-hydrogen) atoms. The molecule has 4 aliphatic carbocycles. The van der Waals surface area contributed by atoms with Crippen LogP contribution in [0.5, 0.6) is 17.2 Å². The first-order valence-electron chi connectivity index (χ1n) is 38.7. The van der Waals surface area contributed by atoms with Crippen molar-refractivity contribution in [2.75, 3.05) is 33.4 Å². The molecule has 1 fully saturated rings. The fourth-order valence-electron chi connectivity index (χ4n) is 29.9. The number of likely N-dealkylation sites (tertiary alicyclic amines) is 1. The van der Waals surface area contributed by atoms with Gasteiger partial charge in [0.2, 0.25) is 0 Å². The van der Waals surface area contributed by atoms with Crippen LogP contribution in [-0.2, 0) is 10.8 Å². The zero-order valence-corrected chi connectivity index (χ0v) is 55.0. The molecule has 4 nitrogen and oxygen atoms in total. The average Bonchev–Trinajstić information content (AvgIpc) is 1.38. The monoisotopic (exact) mass is 1240 g/mol. The topological polar surface area (TPSA) is 30.9 Å². The molecule has 1 atom stereocenters. The summed E-state index contributed by atoms with van der Waals surface area (Å²) in [5.74, 6) is 2.94. The second kappa shape index (κ2) is 13.1. The van der Waals surface area contributed by atoms with Crippen LogP contribution in [0.15, 0.2) is 12.1 Å². The number of ether oxygens (including phenoxy) is 3.